The minimum atomic E-state index is -0.434. The van der Waals surface area contributed by atoms with Gasteiger partial charge in [-0.25, -0.2) is 0 Å². The molecule has 0 fully saturated rings. The molecule has 1 heterocycles. The second-order valence-electron chi connectivity index (χ2n) is 6.01. The molecule has 2 rings (SSSR count). The summed E-state index contributed by atoms with van der Waals surface area (Å²) in [7, 11) is 0. The summed E-state index contributed by atoms with van der Waals surface area (Å²) in [6.07, 6.45) is 0. The van der Waals surface area contributed by atoms with Gasteiger partial charge < -0.3 is 10.3 Å². The van der Waals surface area contributed by atoms with Crippen molar-refractivity contribution in [2.45, 2.75) is 33.7 Å². The van der Waals surface area contributed by atoms with Crippen molar-refractivity contribution in [2.24, 2.45) is 11.1 Å². The van der Waals surface area contributed by atoms with E-state index >= 15 is 0 Å². The highest BCUT2D eigenvalue weighted by molar-refractivity contribution is 5.64. The highest BCUT2D eigenvalue weighted by Gasteiger charge is 2.28. The van der Waals surface area contributed by atoms with E-state index in [4.69, 9.17) is 10.3 Å². The zero-order valence-electron chi connectivity index (χ0n) is 12.5. The Labute approximate surface area is 122 Å². The maximum Gasteiger partial charge on any atom is 0.273 e. The first-order valence-electron chi connectivity index (χ1n) is 6.55. The van der Waals surface area contributed by atoms with Crippen LogP contribution >= 0.6 is 0 Å². The van der Waals surface area contributed by atoms with Crippen LogP contribution in [0.5, 0.6) is 0 Å². The fraction of sp³-hybridized carbons (Fsp3) is 0.429. The van der Waals surface area contributed by atoms with E-state index in [2.05, 4.69) is 10.1 Å². The Morgan fingerprint density at radius 3 is 2.62 bits per heavy atom. The van der Waals surface area contributed by atoms with E-state index < -0.39 is 4.92 Å². The Hall–Kier alpha value is -2.28. The highest BCUT2D eigenvalue weighted by Crippen LogP contribution is 2.32. The van der Waals surface area contributed by atoms with Crippen LogP contribution in [0, 0.1) is 22.5 Å². The number of nitrogens with zero attached hydrogens (tertiary/aromatic N) is 3. The Morgan fingerprint density at radius 2 is 2.05 bits per heavy atom. The Kier molecular flexibility index (Phi) is 3.78. The first-order valence-corrected chi connectivity index (χ1v) is 6.55. The van der Waals surface area contributed by atoms with Crippen LogP contribution in [0.15, 0.2) is 22.7 Å². The molecular formula is C14H18N4O3. The lowest BCUT2D eigenvalue weighted by Crippen LogP contribution is -2.27. The van der Waals surface area contributed by atoms with Gasteiger partial charge in [-0.3, -0.25) is 10.1 Å². The molecule has 112 valence electrons. The SMILES string of the molecule is Cc1c(-c2nc(C(N)C(C)(C)C)no2)cccc1[N+](=O)[O-]. The van der Waals surface area contributed by atoms with E-state index in [1.807, 2.05) is 20.8 Å². The van der Waals surface area contributed by atoms with Crippen LogP contribution in [-0.2, 0) is 0 Å². The minimum Gasteiger partial charge on any atom is -0.334 e. The first-order chi connectivity index (χ1) is 9.71. The number of nitro groups is 1. The molecular weight excluding hydrogens is 272 g/mol. The second kappa shape index (κ2) is 5.25. The lowest BCUT2D eigenvalue weighted by atomic mass is 9.87. The van der Waals surface area contributed by atoms with Crippen molar-refractivity contribution < 1.29 is 9.45 Å². The largest absolute Gasteiger partial charge is 0.334 e. The van der Waals surface area contributed by atoms with Crippen molar-refractivity contribution >= 4 is 5.69 Å². The highest BCUT2D eigenvalue weighted by atomic mass is 16.6. The molecule has 0 spiro atoms. The lowest BCUT2D eigenvalue weighted by molar-refractivity contribution is -0.385. The van der Waals surface area contributed by atoms with E-state index in [0.29, 0.717) is 17.0 Å². The average molecular weight is 290 g/mol. The van der Waals surface area contributed by atoms with Crippen LogP contribution in [0.1, 0.15) is 38.2 Å². The van der Waals surface area contributed by atoms with Gasteiger partial charge in [0.15, 0.2) is 5.82 Å². The smallest absolute Gasteiger partial charge is 0.273 e. The summed E-state index contributed by atoms with van der Waals surface area (Å²) in [5.74, 6) is 0.634. The zero-order chi connectivity index (χ0) is 15.8. The maximum absolute atomic E-state index is 11.0. The van der Waals surface area contributed by atoms with Gasteiger partial charge >= 0.3 is 0 Å². The van der Waals surface area contributed by atoms with Crippen LogP contribution in [0.25, 0.3) is 11.5 Å². The molecule has 0 aliphatic heterocycles. The third kappa shape index (κ3) is 2.92. The van der Waals surface area contributed by atoms with Gasteiger partial charge in [0.2, 0.25) is 0 Å². The molecule has 1 aromatic carbocycles. The van der Waals surface area contributed by atoms with Crippen molar-refractivity contribution in [3.05, 3.63) is 39.7 Å². The van der Waals surface area contributed by atoms with Gasteiger partial charge in [-0.2, -0.15) is 4.98 Å². The summed E-state index contributed by atoms with van der Waals surface area (Å²) >= 11 is 0. The number of aromatic nitrogens is 2. The first kappa shape index (κ1) is 15.1. The molecule has 0 radical (unpaired) electrons. The number of rotatable bonds is 3. The Bertz CT molecular complexity index is 673. The van der Waals surface area contributed by atoms with Gasteiger partial charge in [0.1, 0.15) is 0 Å². The van der Waals surface area contributed by atoms with Crippen molar-refractivity contribution in [3.8, 4) is 11.5 Å². The summed E-state index contributed by atoms with van der Waals surface area (Å²) in [5, 5.41) is 14.9. The van der Waals surface area contributed by atoms with Gasteiger partial charge in [-0.15, -0.1) is 0 Å². The van der Waals surface area contributed by atoms with Gasteiger partial charge in [-0.05, 0) is 18.4 Å². The molecule has 1 aromatic heterocycles. The third-order valence-electron chi connectivity index (χ3n) is 3.39. The number of benzene rings is 1. The molecule has 7 heteroatoms. The van der Waals surface area contributed by atoms with Crippen LogP contribution in [-0.4, -0.2) is 15.1 Å². The van der Waals surface area contributed by atoms with E-state index in [0.717, 1.165) is 0 Å². The monoisotopic (exact) mass is 290 g/mol. The molecule has 1 unspecified atom stereocenters. The van der Waals surface area contributed by atoms with Crippen LogP contribution < -0.4 is 5.73 Å². The van der Waals surface area contributed by atoms with Gasteiger partial charge in [0.25, 0.3) is 11.6 Å². The van der Waals surface area contributed by atoms with E-state index in [9.17, 15) is 10.1 Å². The molecule has 0 amide bonds. The average Bonchev–Trinajstić information content (AvgIpc) is 2.85. The molecule has 7 nitrogen and oxygen atoms in total. The van der Waals surface area contributed by atoms with E-state index in [1.54, 1.807) is 19.1 Å². The molecule has 21 heavy (non-hydrogen) atoms. The summed E-state index contributed by atoms with van der Waals surface area (Å²) < 4.78 is 5.22. The normalized spacial score (nSPS) is 13.2. The molecule has 0 aliphatic carbocycles. The van der Waals surface area contributed by atoms with E-state index in [-0.39, 0.29) is 23.0 Å². The fourth-order valence-corrected chi connectivity index (χ4v) is 1.91. The minimum absolute atomic E-state index is 0.0207. The molecule has 0 saturated heterocycles. The number of hydrogen-bond donors (Lipinski definition) is 1. The van der Waals surface area contributed by atoms with Gasteiger partial charge in [-0.1, -0.05) is 32.0 Å². The van der Waals surface area contributed by atoms with E-state index in [1.165, 1.54) is 6.07 Å². The predicted octanol–water partition coefficient (Wildman–Crippen LogP) is 3.00. The van der Waals surface area contributed by atoms with Crippen LogP contribution in [0.4, 0.5) is 5.69 Å². The Balaban J connectivity index is 2.43. The molecule has 0 aliphatic rings. The zero-order valence-corrected chi connectivity index (χ0v) is 12.5. The molecule has 0 saturated carbocycles. The Morgan fingerprint density at radius 1 is 1.38 bits per heavy atom. The topological polar surface area (TPSA) is 108 Å². The van der Waals surface area contributed by atoms with Crippen LogP contribution in [0.3, 0.4) is 0 Å². The molecule has 2 aromatic rings. The van der Waals surface area contributed by atoms with Gasteiger partial charge in [0.05, 0.1) is 11.0 Å². The maximum atomic E-state index is 11.0. The molecule has 2 N–H and O–H groups in total. The third-order valence-corrected chi connectivity index (χ3v) is 3.39. The van der Waals surface area contributed by atoms with Crippen molar-refractivity contribution in [1.29, 1.82) is 0 Å². The summed E-state index contributed by atoms with van der Waals surface area (Å²) in [4.78, 5) is 14.8. The van der Waals surface area contributed by atoms with Crippen molar-refractivity contribution in [1.82, 2.24) is 10.1 Å². The number of nitro benzene ring substituents is 1. The number of nitrogens with two attached hydrogens (primary N) is 1. The lowest BCUT2D eigenvalue weighted by Gasteiger charge is -2.23. The number of hydrogen-bond acceptors (Lipinski definition) is 6. The summed E-state index contributed by atoms with van der Waals surface area (Å²) in [5.41, 5.74) is 6.93. The predicted molar refractivity (Wildman–Crippen MR) is 77.5 cm³/mol. The van der Waals surface area contributed by atoms with Crippen LogP contribution in [0.2, 0.25) is 0 Å². The van der Waals surface area contributed by atoms with Crippen molar-refractivity contribution in [2.75, 3.05) is 0 Å². The quantitative estimate of drug-likeness (QED) is 0.687. The molecule has 0 bridgehead atoms. The standard InChI is InChI=1S/C14H18N4O3/c1-8-9(6-5-7-10(8)18(19)20)13-16-12(17-21-13)11(15)14(2,3)4/h5-7,11H,15H2,1-4H3. The summed E-state index contributed by atoms with van der Waals surface area (Å²) in [6, 6.07) is 4.36. The fourth-order valence-electron chi connectivity index (χ4n) is 1.91. The van der Waals surface area contributed by atoms with Gasteiger partial charge in [0, 0.05) is 17.2 Å². The summed E-state index contributed by atoms with van der Waals surface area (Å²) in [6.45, 7) is 7.59. The second-order valence-corrected chi connectivity index (χ2v) is 6.01. The molecule has 1 atom stereocenters. The van der Waals surface area contributed by atoms with Crippen molar-refractivity contribution in [3.63, 3.8) is 0 Å².